The zero-order valence-electron chi connectivity index (χ0n) is 20.1. The van der Waals surface area contributed by atoms with Crippen LogP contribution in [0.1, 0.15) is 46.6 Å². The summed E-state index contributed by atoms with van der Waals surface area (Å²) < 4.78 is 0. The van der Waals surface area contributed by atoms with Gasteiger partial charge in [0.25, 0.3) is 5.91 Å². The van der Waals surface area contributed by atoms with Gasteiger partial charge in [-0.3, -0.25) is 14.4 Å². The average molecular weight is 479 g/mol. The predicted molar refractivity (Wildman–Crippen MR) is 136 cm³/mol. The Morgan fingerprint density at radius 3 is 2.29 bits per heavy atom. The van der Waals surface area contributed by atoms with Crippen molar-refractivity contribution in [2.24, 2.45) is 0 Å². The van der Waals surface area contributed by atoms with Crippen LogP contribution in [-0.2, 0) is 16.0 Å². The van der Waals surface area contributed by atoms with Crippen LogP contribution in [0, 0.1) is 20.8 Å². The lowest BCUT2D eigenvalue weighted by Crippen LogP contribution is -2.42. The number of nitrogens with zero attached hydrogens (tertiary/aromatic N) is 2. The van der Waals surface area contributed by atoms with E-state index in [1.54, 1.807) is 17.5 Å². The first kappa shape index (κ1) is 25.1. The molecule has 0 aliphatic carbocycles. The first-order valence-corrected chi connectivity index (χ1v) is 12.0. The molecule has 0 spiro atoms. The number of aryl methyl sites for hydroxylation is 3. The molecular formula is C26H30N4O3S. The number of benzene rings is 2. The van der Waals surface area contributed by atoms with E-state index in [1.807, 2.05) is 65.0 Å². The van der Waals surface area contributed by atoms with E-state index in [0.29, 0.717) is 16.4 Å². The molecule has 178 valence electrons. The summed E-state index contributed by atoms with van der Waals surface area (Å²) in [5.74, 6) is -0.719. The van der Waals surface area contributed by atoms with Crippen molar-refractivity contribution in [1.29, 1.82) is 0 Å². The lowest BCUT2D eigenvalue weighted by atomic mass is 10.1. The summed E-state index contributed by atoms with van der Waals surface area (Å²) in [5, 5.41) is 7.75. The molecule has 1 heterocycles. The Kier molecular flexibility index (Phi) is 8.17. The van der Waals surface area contributed by atoms with Crippen LogP contribution in [0.5, 0.6) is 0 Å². The summed E-state index contributed by atoms with van der Waals surface area (Å²) in [5.41, 5.74) is 5.18. The number of aromatic nitrogens is 1. The molecule has 0 radical (unpaired) electrons. The molecule has 0 aliphatic rings. The van der Waals surface area contributed by atoms with Crippen LogP contribution in [0.2, 0.25) is 0 Å². The van der Waals surface area contributed by atoms with E-state index in [0.717, 1.165) is 22.4 Å². The minimum atomic E-state index is -0.338. The van der Waals surface area contributed by atoms with Crippen molar-refractivity contribution in [3.63, 3.8) is 0 Å². The molecule has 3 rings (SSSR count). The van der Waals surface area contributed by atoms with E-state index in [-0.39, 0.29) is 36.7 Å². The lowest BCUT2D eigenvalue weighted by Gasteiger charge is -2.26. The fourth-order valence-electron chi connectivity index (χ4n) is 3.30. The number of hydrogen-bond donors (Lipinski definition) is 2. The second kappa shape index (κ2) is 11.1. The Morgan fingerprint density at radius 2 is 1.65 bits per heavy atom. The van der Waals surface area contributed by atoms with Gasteiger partial charge >= 0.3 is 0 Å². The third-order valence-corrected chi connectivity index (χ3v) is 6.23. The highest BCUT2D eigenvalue weighted by molar-refractivity contribution is 7.13. The number of anilines is 2. The molecule has 0 unspecified atom stereocenters. The summed E-state index contributed by atoms with van der Waals surface area (Å²) in [6.07, 6.45) is 0.101. The molecule has 2 N–H and O–H groups in total. The molecule has 34 heavy (non-hydrogen) atoms. The van der Waals surface area contributed by atoms with Gasteiger partial charge in [-0.05, 0) is 70.0 Å². The topological polar surface area (TPSA) is 91.4 Å². The van der Waals surface area contributed by atoms with E-state index in [9.17, 15) is 14.4 Å². The zero-order valence-corrected chi connectivity index (χ0v) is 21.0. The summed E-state index contributed by atoms with van der Waals surface area (Å²) in [6, 6.07) is 12.9. The minimum absolute atomic E-state index is 0.0907. The molecule has 0 fully saturated rings. The molecular weight excluding hydrogens is 448 g/mol. The molecule has 0 atom stereocenters. The Morgan fingerprint density at radius 1 is 0.941 bits per heavy atom. The number of carbonyl (C=O) groups is 3. The summed E-state index contributed by atoms with van der Waals surface area (Å²) in [6.45, 7) is 9.62. The van der Waals surface area contributed by atoms with Crippen molar-refractivity contribution in [2.45, 2.75) is 47.1 Å². The zero-order chi connectivity index (χ0) is 24.8. The van der Waals surface area contributed by atoms with Crippen molar-refractivity contribution in [3.8, 4) is 0 Å². The quantitative estimate of drug-likeness (QED) is 0.489. The highest BCUT2D eigenvalue weighted by Gasteiger charge is 2.22. The second-order valence-electron chi connectivity index (χ2n) is 8.61. The van der Waals surface area contributed by atoms with E-state index < -0.39 is 0 Å². The third-order valence-electron chi connectivity index (χ3n) is 5.43. The smallest absolute Gasteiger partial charge is 0.254 e. The van der Waals surface area contributed by atoms with Crippen LogP contribution >= 0.6 is 11.3 Å². The van der Waals surface area contributed by atoms with Gasteiger partial charge in [0.2, 0.25) is 11.8 Å². The molecule has 3 aromatic rings. The van der Waals surface area contributed by atoms with Gasteiger partial charge in [0, 0.05) is 22.7 Å². The van der Waals surface area contributed by atoms with Crippen LogP contribution in [0.15, 0.2) is 47.8 Å². The van der Waals surface area contributed by atoms with Crippen molar-refractivity contribution in [3.05, 3.63) is 75.8 Å². The van der Waals surface area contributed by atoms with Gasteiger partial charge in [0.1, 0.15) is 6.54 Å². The van der Waals surface area contributed by atoms with Crippen molar-refractivity contribution < 1.29 is 14.4 Å². The number of thiazole rings is 1. The molecule has 1 aromatic heterocycles. The maximum Gasteiger partial charge on any atom is 0.254 e. The van der Waals surface area contributed by atoms with Gasteiger partial charge in [-0.25, -0.2) is 4.98 Å². The molecule has 3 amide bonds. The van der Waals surface area contributed by atoms with Crippen molar-refractivity contribution in [2.75, 3.05) is 17.2 Å². The standard InChI is InChI=1S/C26H30N4O3S/c1-16(2)30(25(33)20-9-6-17(3)7-10-20)14-24(32)29-26-28-22(15-34-26)13-23(31)27-21-11-8-18(4)19(5)12-21/h6-12,15-16H,13-14H2,1-5H3,(H,27,31)(H,28,29,32). The molecule has 8 heteroatoms. The number of rotatable bonds is 8. The molecule has 2 aromatic carbocycles. The largest absolute Gasteiger partial charge is 0.327 e. The van der Waals surface area contributed by atoms with E-state index >= 15 is 0 Å². The summed E-state index contributed by atoms with van der Waals surface area (Å²) in [4.78, 5) is 43.8. The van der Waals surface area contributed by atoms with Crippen molar-refractivity contribution >= 4 is 39.9 Å². The van der Waals surface area contributed by atoms with Crippen molar-refractivity contribution in [1.82, 2.24) is 9.88 Å². The first-order valence-electron chi connectivity index (χ1n) is 11.1. The van der Waals surface area contributed by atoms with Gasteiger partial charge in [-0.1, -0.05) is 23.8 Å². The maximum atomic E-state index is 12.9. The molecule has 0 aliphatic heterocycles. The number of hydrogen-bond acceptors (Lipinski definition) is 5. The highest BCUT2D eigenvalue weighted by atomic mass is 32.1. The highest BCUT2D eigenvalue weighted by Crippen LogP contribution is 2.18. The first-order chi connectivity index (χ1) is 16.1. The Bertz CT molecular complexity index is 1190. The molecule has 7 nitrogen and oxygen atoms in total. The number of nitrogens with one attached hydrogen (secondary N) is 2. The maximum absolute atomic E-state index is 12.9. The Balaban J connectivity index is 1.57. The molecule has 0 saturated heterocycles. The van der Waals surface area contributed by atoms with E-state index in [2.05, 4.69) is 15.6 Å². The predicted octanol–water partition coefficient (Wildman–Crippen LogP) is 4.74. The fraction of sp³-hybridized carbons (Fsp3) is 0.308. The van der Waals surface area contributed by atoms with E-state index in [4.69, 9.17) is 0 Å². The van der Waals surface area contributed by atoms with Gasteiger partial charge < -0.3 is 15.5 Å². The van der Waals surface area contributed by atoms with Crippen LogP contribution in [-0.4, -0.2) is 40.2 Å². The SMILES string of the molecule is Cc1ccc(C(=O)N(CC(=O)Nc2nc(CC(=O)Nc3ccc(C)c(C)c3)cs2)C(C)C)cc1. The van der Waals surface area contributed by atoms with Gasteiger partial charge in [0.05, 0.1) is 12.1 Å². The second-order valence-corrected chi connectivity index (χ2v) is 9.47. The Labute approximate surface area is 204 Å². The molecule has 0 saturated carbocycles. The Hall–Kier alpha value is -3.52. The van der Waals surface area contributed by atoms with Gasteiger partial charge in [0.15, 0.2) is 5.13 Å². The summed E-state index contributed by atoms with van der Waals surface area (Å²) in [7, 11) is 0. The van der Waals surface area contributed by atoms with Gasteiger partial charge in [-0.15, -0.1) is 11.3 Å². The number of amides is 3. The van der Waals surface area contributed by atoms with Gasteiger partial charge in [-0.2, -0.15) is 0 Å². The monoisotopic (exact) mass is 478 g/mol. The van der Waals surface area contributed by atoms with Crippen LogP contribution in [0.3, 0.4) is 0 Å². The summed E-state index contributed by atoms with van der Waals surface area (Å²) >= 11 is 1.25. The average Bonchev–Trinajstić information content (AvgIpc) is 3.20. The third kappa shape index (κ3) is 6.74. The minimum Gasteiger partial charge on any atom is -0.327 e. The van der Waals surface area contributed by atoms with Crippen LogP contribution < -0.4 is 10.6 Å². The number of carbonyl (C=O) groups excluding carboxylic acids is 3. The lowest BCUT2D eigenvalue weighted by molar-refractivity contribution is -0.117. The van der Waals surface area contributed by atoms with E-state index in [1.165, 1.54) is 16.2 Å². The van der Waals surface area contributed by atoms with Crippen LogP contribution in [0.25, 0.3) is 0 Å². The normalized spacial score (nSPS) is 10.8. The molecule has 0 bridgehead atoms. The fourth-order valence-corrected chi connectivity index (χ4v) is 4.03. The van der Waals surface area contributed by atoms with Crippen LogP contribution in [0.4, 0.5) is 10.8 Å².